The maximum absolute atomic E-state index is 14.0. The van der Waals surface area contributed by atoms with Crippen molar-refractivity contribution in [1.29, 1.82) is 0 Å². The van der Waals surface area contributed by atoms with Crippen molar-refractivity contribution in [2.24, 2.45) is 0 Å². The Balaban J connectivity index is 1.94. The summed E-state index contributed by atoms with van der Waals surface area (Å²) in [6.45, 7) is -1.26. The molecule has 236 valence electrons. The molecule has 0 saturated heterocycles. The smallest absolute Gasteiger partial charge is 0.340 e. The molecule has 0 fully saturated rings. The van der Waals surface area contributed by atoms with Crippen LogP contribution in [0.2, 0.25) is 0 Å². The fourth-order valence-electron chi connectivity index (χ4n) is 5.73. The van der Waals surface area contributed by atoms with E-state index < -0.39 is 151 Å². The number of carbonyl (C=O) groups is 3. The highest BCUT2D eigenvalue weighted by Crippen LogP contribution is 2.61. The predicted molar refractivity (Wildman–Crippen MR) is 138 cm³/mol. The number of aliphatic hydroxyl groups excluding tert-OH is 3. The molecule has 3 aromatic carbocycles. The van der Waals surface area contributed by atoms with Crippen LogP contribution in [-0.2, 0) is 14.2 Å². The fraction of sp³-hybridized carbons (Fsp3) is 0.222. The Morgan fingerprint density at radius 1 is 0.533 bits per heavy atom. The molecular formula is C27H20O18. The van der Waals surface area contributed by atoms with Gasteiger partial charge < -0.3 is 75.5 Å². The molecule has 4 aliphatic heterocycles. The van der Waals surface area contributed by atoms with Gasteiger partial charge in [-0.2, -0.15) is 0 Å². The van der Waals surface area contributed by atoms with Crippen LogP contribution in [-0.4, -0.2) is 110 Å². The summed E-state index contributed by atoms with van der Waals surface area (Å²) in [5, 5.41) is 129. The van der Waals surface area contributed by atoms with E-state index in [9.17, 15) is 75.7 Å². The van der Waals surface area contributed by atoms with Crippen LogP contribution in [0, 0.1) is 0 Å². The summed E-state index contributed by atoms with van der Waals surface area (Å²) in [7, 11) is 0. The molecule has 0 aliphatic carbocycles. The highest BCUT2D eigenvalue weighted by atomic mass is 16.6. The Morgan fingerprint density at radius 2 is 1.02 bits per heavy atom. The first kappa shape index (κ1) is 29.2. The second-order valence-electron chi connectivity index (χ2n) is 10.2. The first-order chi connectivity index (χ1) is 21.1. The molecule has 45 heavy (non-hydrogen) atoms. The molecule has 0 amide bonds. The average Bonchev–Trinajstić information content (AvgIpc) is 3.01. The minimum atomic E-state index is -2.41. The quantitative estimate of drug-likeness (QED) is 0.0902. The number of carbonyl (C=O) groups excluding carboxylic acids is 3. The van der Waals surface area contributed by atoms with E-state index in [1.165, 1.54) is 0 Å². The first-order valence-electron chi connectivity index (χ1n) is 12.6. The van der Waals surface area contributed by atoms with Crippen molar-refractivity contribution < 1.29 is 89.9 Å². The SMILES string of the molecule is O=C1O[C@H](CO)[C@@H](O)[C@@H]2OC(=O)c3c(c(O)c(O)c(O)c3-c3c(O)c(O)c(O)c4c3C(=O)O[C@@H]2[C@H]4O)-c2c1cc(O)c(O)c2O. The van der Waals surface area contributed by atoms with Crippen molar-refractivity contribution in [3.63, 3.8) is 0 Å². The number of phenolic OH excluding ortho intramolecular Hbond substituents is 9. The van der Waals surface area contributed by atoms with E-state index in [-0.39, 0.29) is 0 Å². The van der Waals surface area contributed by atoms with Gasteiger partial charge in [-0.15, -0.1) is 0 Å². The minimum Gasteiger partial charge on any atom is -0.504 e. The highest BCUT2D eigenvalue weighted by Gasteiger charge is 2.53. The zero-order valence-electron chi connectivity index (χ0n) is 22.0. The summed E-state index contributed by atoms with van der Waals surface area (Å²) in [5.74, 6) is -17.7. The Morgan fingerprint density at radius 3 is 1.62 bits per heavy atom. The van der Waals surface area contributed by atoms with Gasteiger partial charge in [0.2, 0.25) is 17.2 Å². The zero-order chi connectivity index (χ0) is 33.0. The zero-order valence-corrected chi connectivity index (χ0v) is 22.0. The topological polar surface area (TPSA) is 322 Å². The Hall–Kier alpha value is -5.85. The van der Waals surface area contributed by atoms with Crippen LogP contribution in [0.3, 0.4) is 0 Å². The molecule has 0 spiro atoms. The third kappa shape index (κ3) is 3.70. The second kappa shape index (κ2) is 9.58. The lowest BCUT2D eigenvalue weighted by molar-refractivity contribution is -0.152. The van der Waals surface area contributed by atoms with E-state index >= 15 is 0 Å². The van der Waals surface area contributed by atoms with Crippen LogP contribution >= 0.6 is 0 Å². The van der Waals surface area contributed by atoms with Gasteiger partial charge >= 0.3 is 17.9 Å². The van der Waals surface area contributed by atoms with E-state index in [1.54, 1.807) is 0 Å². The molecule has 0 aromatic heterocycles. The van der Waals surface area contributed by atoms with Gasteiger partial charge in [-0.05, 0) is 6.07 Å². The van der Waals surface area contributed by atoms with Gasteiger partial charge in [0, 0.05) is 27.8 Å². The molecule has 18 nitrogen and oxygen atoms in total. The number of aliphatic hydroxyl groups is 3. The van der Waals surface area contributed by atoms with Crippen LogP contribution in [0.15, 0.2) is 6.07 Å². The summed E-state index contributed by atoms with van der Waals surface area (Å²) in [4.78, 5) is 40.9. The van der Waals surface area contributed by atoms with Crippen molar-refractivity contribution in [3.05, 3.63) is 28.3 Å². The van der Waals surface area contributed by atoms with Gasteiger partial charge in [0.05, 0.1) is 23.3 Å². The molecule has 6 bridgehead atoms. The van der Waals surface area contributed by atoms with Crippen molar-refractivity contribution in [2.45, 2.75) is 30.5 Å². The van der Waals surface area contributed by atoms with Crippen LogP contribution in [0.4, 0.5) is 0 Å². The number of phenols is 9. The number of aromatic hydroxyl groups is 9. The molecule has 4 heterocycles. The molecule has 4 aliphatic rings. The first-order valence-corrected chi connectivity index (χ1v) is 12.6. The standard InChI is InChI=1S/C27H20O18/c28-2-5-14(31)23-24-20(37)12-11(27(42)45-24)9(18(35)22(39)19(12)36)8-10(26(41)44-23)7(16(33)21(38)17(8)34)6-3(25(40)43-5)1-4(29)13(30)15(6)32/h1,5,14,20,23-24,28-39H,2H2/t5-,14-,20+,23+,24-/m1/s1. The van der Waals surface area contributed by atoms with Gasteiger partial charge in [0.15, 0.2) is 52.8 Å². The summed E-state index contributed by atoms with van der Waals surface area (Å²) < 4.78 is 15.7. The van der Waals surface area contributed by atoms with Crippen molar-refractivity contribution in [3.8, 4) is 74.0 Å². The van der Waals surface area contributed by atoms with Gasteiger partial charge in [0.1, 0.15) is 12.2 Å². The number of cyclic esters (lactones) is 1. The molecular weight excluding hydrogens is 612 g/mol. The lowest BCUT2D eigenvalue weighted by Crippen LogP contribution is -2.54. The Kier molecular flexibility index (Phi) is 6.22. The summed E-state index contributed by atoms with van der Waals surface area (Å²) in [5.41, 5.74) is -8.73. The molecule has 5 atom stereocenters. The number of hydrogen-bond donors (Lipinski definition) is 12. The van der Waals surface area contributed by atoms with E-state index in [1.807, 2.05) is 0 Å². The number of ether oxygens (including phenoxy) is 3. The van der Waals surface area contributed by atoms with E-state index in [2.05, 4.69) is 0 Å². The van der Waals surface area contributed by atoms with E-state index in [4.69, 9.17) is 14.2 Å². The van der Waals surface area contributed by atoms with Gasteiger partial charge in [-0.25, -0.2) is 14.4 Å². The fourth-order valence-corrected chi connectivity index (χ4v) is 5.73. The lowest BCUT2D eigenvalue weighted by atomic mass is 9.80. The van der Waals surface area contributed by atoms with Crippen molar-refractivity contribution in [1.82, 2.24) is 0 Å². The summed E-state index contributed by atoms with van der Waals surface area (Å²) in [6.07, 6.45) is -11.4. The largest absolute Gasteiger partial charge is 0.504 e. The minimum absolute atomic E-state index is 0.462. The monoisotopic (exact) mass is 632 g/mol. The lowest BCUT2D eigenvalue weighted by Gasteiger charge is -2.39. The third-order valence-corrected chi connectivity index (χ3v) is 7.84. The van der Waals surface area contributed by atoms with Gasteiger partial charge in [-0.3, -0.25) is 0 Å². The van der Waals surface area contributed by atoms with Crippen LogP contribution in [0.25, 0.3) is 22.3 Å². The number of hydrogen-bond acceptors (Lipinski definition) is 18. The third-order valence-electron chi connectivity index (χ3n) is 7.84. The number of esters is 3. The summed E-state index contributed by atoms with van der Waals surface area (Å²) >= 11 is 0. The second-order valence-corrected chi connectivity index (χ2v) is 10.2. The maximum Gasteiger partial charge on any atom is 0.340 e. The van der Waals surface area contributed by atoms with Crippen molar-refractivity contribution in [2.75, 3.05) is 6.61 Å². The molecule has 7 rings (SSSR count). The highest BCUT2D eigenvalue weighted by molar-refractivity contribution is 6.16. The van der Waals surface area contributed by atoms with Gasteiger partial charge in [0.25, 0.3) is 0 Å². The molecule has 0 radical (unpaired) electrons. The molecule has 18 heteroatoms. The molecule has 12 N–H and O–H groups in total. The van der Waals surface area contributed by atoms with Gasteiger partial charge in [-0.1, -0.05) is 0 Å². The van der Waals surface area contributed by atoms with Crippen LogP contribution in [0.1, 0.15) is 42.7 Å². The molecule has 0 unspecified atom stereocenters. The van der Waals surface area contributed by atoms with Crippen LogP contribution < -0.4 is 0 Å². The molecule has 3 aromatic rings. The van der Waals surface area contributed by atoms with Crippen molar-refractivity contribution >= 4 is 17.9 Å². The van der Waals surface area contributed by atoms with E-state index in [0.29, 0.717) is 6.07 Å². The number of fused-ring (bicyclic) bond motifs is 3. The van der Waals surface area contributed by atoms with Crippen LogP contribution in [0.5, 0.6) is 51.7 Å². The maximum atomic E-state index is 14.0. The molecule has 0 saturated carbocycles. The average molecular weight is 632 g/mol. The summed E-state index contributed by atoms with van der Waals surface area (Å²) in [6, 6.07) is 0.462. The Labute approximate surface area is 247 Å². The van der Waals surface area contributed by atoms with E-state index in [0.717, 1.165) is 0 Å². The normalized spacial score (nSPS) is 23.4. The Bertz CT molecular complexity index is 1880. The number of benzene rings is 3. The number of rotatable bonds is 1. The predicted octanol–water partition coefficient (Wildman–Crippen LogP) is -0.625.